The molecule has 0 radical (unpaired) electrons. The number of hydrogen-bond donors (Lipinski definition) is 1. The third kappa shape index (κ3) is 3.05. The highest BCUT2D eigenvalue weighted by atomic mass is 79.9. The lowest BCUT2D eigenvalue weighted by Crippen LogP contribution is -2.12. The lowest BCUT2D eigenvalue weighted by molar-refractivity contribution is 0.102. The molecule has 0 saturated heterocycles. The second-order valence-electron chi connectivity index (χ2n) is 3.56. The fraction of sp³-hybridized carbons (Fsp3) is 0. The number of carbonyl (C=O) groups is 1. The first-order valence-electron chi connectivity index (χ1n) is 5.09. The zero-order chi connectivity index (χ0) is 13.1. The quantitative estimate of drug-likeness (QED) is 0.815. The fourth-order valence-electron chi connectivity index (χ4n) is 1.44. The summed E-state index contributed by atoms with van der Waals surface area (Å²) in [7, 11) is 0. The summed E-state index contributed by atoms with van der Waals surface area (Å²) in [4.78, 5) is 12.0. The van der Waals surface area contributed by atoms with Gasteiger partial charge in [-0.25, -0.2) is 0 Å². The molecule has 0 bridgehead atoms. The Morgan fingerprint density at radius 2 is 1.61 bits per heavy atom. The van der Waals surface area contributed by atoms with Crippen LogP contribution in [0.1, 0.15) is 10.4 Å². The van der Waals surface area contributed by atoms with Crippen LogP contribution in [0.4, 0.5) is 5.69 Å². The third-order valence-electron chi connectivity index (χ3n) is 2.28. The van der Waals surface area contributed by atoms with Gasteiger partial charge in [-0.2, -0.15) is 0 Å². The van der Waals surface area contributed by atoms with E-state index in [1.807, 2.05) is 6.07 Å². The Morgan fingerprint density at radius 1 is 1.06 bits per heavy atom. The van der Waals surface area contributed by atoms with Gasteiger partial charge in [-0.1, -0.05) is 57.3 Å². The van der Waals surface area contributed by atoms with Gasteiger partial charge < -0.3 is 5.32 Å². The van der Waals surface area contributed by atoms with Gasteiger partial charge in [0, 0.05) is 10.0 Å². The van der Waals surface area contributed by atoms with Gasteiger partial charge in [0.15, 0.2) is 0 Å². The van der Waals surface area contributed by atoms with Crippen LogP contribution < -0.4 is 5.32 Å². The van der Waals surface area contributed by atoms with Gasteiger partial charge in [-0.05, 0) is 24.3 Å². The van der Waals surface area contributed by atoms with E-state index in [0.717, 1.165) is 4.47 Å². The van der Waals surface area contributed by atoms with Crippen molar-refractivity contribution in [2.75, 3.05) is 5.32 Å². The van der Waals surface area contributed by atoms with E-state index in [2.05, 4.69) is 21.2 Å². The fourth-order valence-corrected chi connectivity index (χ4v) is 2.74. The maximum Gasteiger partial charge on any atom is 0.255 e. The number of hydrogen-bond acceptors (Lipinski definition) is 1. The van der Waals surface area contributed by atoms with Crippen LogP contribution in [0.3, 0.4) is 0 Å². The van der Waals surface area contributed by atoms with Gasteiger partial charge in [0.2, 0.25) is 0 Å². The van der Waals surface area contributed by atoms with Crippen LogP contribution in [0.5, 0.6) is 0 Å². The van der Waals surface area contributed by atoms with E-state index in [0.29, 0.717) is 21.3 Å². The molecule has 0 fully saturated rings. The van der Waals surface area contributed by atoms with Gasteiger partial charge in [0.1, 0.15) is 0 Å². The van der Waals surface area contributed by atoms with Crippen LogP contribution in [0.25, 0.3) is 0 Å². The third-order valence-corrected chi connectivity index (χ3v) is 3.34. The normalized spacial score (nSPS) is 10.2. The van der Waals surface area contributed by atoms with Crippen molar-refractivity contribution in [1.82, 2.24) is 0 Å². The second-order valence-corrected chi connectivity index (χ2v) is 5.29. The summed E-state index contributed by atoms with van der Waals surface area (Å²) in [5.41, 5.74) is 0.961. The highest BCUT2D eigenvalue weighted by Crippen LogP contribution is 2.34. The lowest BCUT2D eigenvalue weighted by atomic mass is 10.2. The number of nitrogens with one attached hydrogen (secondary N) is 1. The molecule has 18 heavy (non-hydrogen) atoms. The molecule has 0 atom stereocenters. The molecule has 5 heteroatoms. The van der Waals surface area contributed by atoms with Crippen LogP contribution in [0.2, 0.25) is 10.0 Å². The smallest absolute Gasteiger partial charge is 0.255 e. The molecule has 1 N–H and O–H groups in total. The van der Waals surface area contributed by atoms with Crippen LogP contribution >= 0.6 is 39.1 Å². The first-order chi connectivity index (χ1) is 8.58. The number of carbonyl (C=O) groups excluding carboxylic acids is 1. The predicted octanol–water partition coefficient (Wildman–Crippen LogP) is 5.01. The Balaban J connectivity index is 2.28. The average molecular weight is 345 g/mol. The zero-order valence-corrected chi connectivity index (χ0v) is 12.2. The number of rotatable bonds is 2. The first-order valence-corrected chi connectivity index (χ1v) is 6.64. The zero-order valence-electron chi connectivity index (χ0n) is 9.08. The van der Waals surface area contributed by atoms with Gasteiger partial charge in [0.05, 0.1) is 15.7 Å². The molecular weight excluding hydrogens is 337 g/mol. The summed E-state index contributed by atoms with van der Waals surface area (Å²) in [5, 5.41) is 3.47. The predicted molar refractivity (Wildman–Crippen MR) is 78.6 cm³/mol. The molecule has 0 unspecified atom stereocenters. The minimum absolute atomic E-state index is 0.248. The summed E-state index contributed by atoms with van der Waals surface area (Å²) in [5.74, 6) is -0.248. The molecule has 0 spiro atoms. The highest BCUT2D eigenvalue weighted by molar-refractivity contribution is 9.10. The Bertz CT molecular complexity index is 564. The molecule has 2 rings (SSSR count). The van der Waals surface area contributed by atoms with Gasteiger partial charge in [0.25, 0.3) is 5.91 Å². The van der Waals surface area contributed by atoms with E-state index < -0.39 is 0 Å². The SMILES string of the molecule is O=C(Nc1c(Cl)cc(Br)cc1Cl)c1ccccc1. The number of benzene rings is 2. The second kappa shape index (κ2) is 5.74. The Morgan fingerprint density at radius 3 is 2.17 bits per heavy atom. The molecule has 2 nitrogen and oxygen atoms in total. The molecule has 92 valence electrons. The minimum Gasteiger partial charge on any atom is -0.319 e. The standard InChI is InChI=1S/C13H8BrCl2NO/c14-9-6-10(15)12(11(16)7-9)17-13(18)8-4-2-1-3-5-8/h1-7H,(H,17,18). The topological polar surface area (TPSA) is 29.1 Å². The molecule has 1 amide bonds. The van der Waals surface area contributed by atoms with Crippen molar-refractivity contribution in [1.29, 1.82) is 0 Å². The summed E-state index contributed by atoms with van der Waals surface area (Å²) in [6, 6.07) is 12.2. The summed E-state index contributed by atoms with van der Waals surface area (Å²) < 4.78 is 0.759. The molecule has 0 heterocycles. The molecule has 0 aliphatic heterocycles. The molecule has 0 aliphatic carbocycles. The Labute approximate surface area is 123 Å². The maximum atomic E-state index is 12.0. The summed E-state index contributed by atoms with van der Waals surface area (Å²) in [6.45, 7) is 0. The van der Waals surface area contributed by atoms with Crippen molar-refractivity contribution < 1.29 is 4.79 Å². The van der Waals surface area contributed by atoms with E-state index in [1.165, 1.54) is 0 Å². The number of halogens is 3. The Kier molecular flexibility index (Phi) is 4.27. The minimum atomic E-state index is -0.248. The van der Waals surface area contributed by atoms with Crippen molar-refractivity contribution in [2.24, 2.45) is 0 Å². The van der Waals surface area contributed by atoms with Crippen molar-refractivity contribution in [3.8, 4) is 0 Å². The monoisotopic (exact) mass is 343 g/mol. The average Bonchev–Trinajstić information content (AvgIpc) is 2.34. The Hall–Kier alpha value is -1.03. The van der Waals surface area contributed by atoms with Gasteiger partial charge >= 0.3 is 0 Å². The van der Waals surface area contributed by atoms with Crippen molar-refractivity contribution in [2.45, 2.75) is 0 Å². The van der Waals surface area contributed by atoms with E-state index in [4.69, 9.17) is 23.2 Å². The van der Waals surface area contributed by atoms with Crippen LogP contribution in [-0.4, -0.2) is 5.91 Å². The van der Waals surface area contributed by atoms with Gasteiger partial charge in [-0.3, -0.25) is 4.79 Å². The summed E-state index contributed by atoms with van der Waals surface area (Å²) in [6.07, 6.45) is 0. The molecule has 2 aromatic carbocycles. The number of anilines is 1. The maximum absolute atomic E-state index is 12.0. The molecule has 0 aromatic heterocycles. The van der Waals surface area contributed by atoms with E-state index >= 15 is 0 Å². The van der Waals surface area contributed by atoms with Crippen LogP contribution in [-0.2, 0) is 0 Å². The van der Waals surface area contributed by atoms with E-state index in [-0.39, 0.29) is 5.91 Å². The number of amides is 1. The van der Waals surface area contributed by atoms with Crippen LogP contribution in [0.15, 0.2) is 46.9 Å². The van der Waals surface area contributed by atoms with E-state index in [1.54, 1.807) is 36.4 Å². The largest absolute Gasteiger partial charge is 0.319 e. The molecule has 0 aliphatic rings. The highest BCUT2D eigenvalue weighted by Gasteiger charge is 2.12. The summed E-state index contributed by atoms with van der Waals surface area (Å²) >= 11 is 15.4. The molecular formula is C13H8BrCl2NO. The van der Waals surface area contributed by atoms with Crippen LogP contribution in [0, 0.1) is 0 Å². The first kappa shape index (κ1) is 13.4. The van der Waals surface area contributed by atoms with Crippen molar-refractivity contribution in [3.05, 3.63) is 62.5 Å². The molecule has 2 aromatic rings. The van der Waals surface area contributed by atoms with Crippen molar-refractivity contribution in [3.63, 3.8) is 0 Å². The van der Waals surface area contributed by atoms with E-state index in [9.17, 15) is 4.79 Å². The van der Waals surface area contributed by atoms with Crippen molar-refractivity contribution >= 4 is 50.7 Å². The lowest BCUT2D eigenvalue weighted by Gasteiger charge is -2.09. The van der Waals surface area contributed by atoms with Gasteiger partial charge in [-0.15, -0.1) is 0 Å². The molecule has 0 saturated carbocycles.